The van der Waals surface area contributed by atoms with Gasteiger partial charge in [0.1, 0.15) is 17.4 Å². The van der Waals surface area contributed by atoms with E-state index >= 15 is 0 Å². The van der Waals surface area contributed by atoms with E-state index in [1.807, 2.05) is 23.1 Å². The van der Waals surface area contributed by atoms with Crippen molar-refractivity contribution in [2.75, 3.05) is 51.3 Å². The first-order valence-corrected chi connectivity index (χ1v) is 14.9. The Balaban J connectivity index is 1.25. The van der Waals surface area contributed by atoms with Crippen molar-refractivity contribution in [3.8, 4) is 5.75 Å². The summed E-state index contributed by atoms with van der Waals surface area (Å²) in [6, 6.07) is 18.1. The smallest absolute Gasteiger partial charge is 0.256 e. The summed E-state index contributed by atoms with van der Waals surface area (Å²) in [4.78, 5) is 16.5. The van der Waals surface area contributed by atoms with Gasteiger partial charge >= 0.3 is 0 Å². The van der Waals surface area contributed by atoms with Crippen LogP contribution in [0.15, 0.2) is 71.6 Å². The molecule has 0 N–H and O–H groups in total. The summed E-state index contributed by atoms with van der Waals surface area (Å²) >= 11 is 0. The second-order valence-electron chi connectivity index (χ2n) is 10.3. The molecule has 212 valence electrons. The van der Waals surface area contributed by atoms with Gasteiger partial charge in [-0.1, -0.05) is 30.3 Å². The maximum atomic E-state index is 14.2. The number of ether oxygens (including phenoxy) is 1. The Morgan fingerprint density at radius 1 is 0.900 bits per heavy atom. The first kappa shape index (κ1) is 28.0. The van der Waals surface area contributed by atoms with E-state index in [1.165, 1.54) is 17.6 Å². The molecule has 1 amide bonds. The minimum Gasteiger partial charge on any atom is -0.495 e. The summed E-state index contributed by atoms with van der Waals surface area (Å²) < 4.78 is 61.7. The number of anilines is 1. The summed E-state index contributed by atoms with van der Waals surface area (Å²) in [6.07, 6.45) is 2.56. The predicted octanol–water partition coefficient (Wildman–Crippen LogP) is 4.58. The first-order chi connectivity index (χ1) is 19.3. The normalized spacial score (nSPS) is 17.2. The molecule has 0 aliphatic carbocycles. The third kappa shape index (κ3) is 5.97. The van der Waals surface area contributed by atoms with Crippen LogP contribution in [-0.2, 0) is 16.4 Å². The van der Waals surface area contributed by atoms with Gasteiger partial charge in [0, 0.05) is 45.3 Å². The SMILES string of the molecule is COc1ccc(S(=O)(=O)N2CCC(Cc3ccccc3)CC2)cc1N1CCN(C(=O)c2ccc(F)cc2F)CC1. The molecule has 7 nitrogen and oxygen atoms in total. The number of nitrogens with zero attached hydrogens (tertiary/aromatic N) is 3. The van der Waals surface area contributed by atoms with Crippen molar-refractivity contribution in [2.24, 2.45) is 5.92 Å². The summed E-state index contributed by atoms with van der Waals surface area (Å²) in [5.74, 6) is -1.16. The van der Waals surface area contributed by atoms with Crippen LogP contribution < -0.4 is 9.64 Å². The Morgan fingerprint density at radius 2 is 1.60 bits per heavy atom. The van der Waals surface area contributed by atoms with Crippen LogP contribution in [0.2, 0.25) is 0 Å². The van der Waals surface area contributed by atoms with Crippen LogP contribution in [0.5, 0.6) is 5.75 Å². The number of halogens is 2. The highest BCUT2D eigenvalue weighted by Gasteiger charge is 2.31. The molecule has 10 heteroatoms. The fourth-order valence-corrected chi connectivity index (χ4v) is 7.00. The van der Waals surface area contributed by atoms with Gasteiger partial charge in [-0.05, 0) is 61.1 Å². The number of piperidine rings is 1. The van der Waals surface area contributed by atoms with E-state index in [0.29, 0.717) is 62.7 Å². The second-order valence-corrected chi connectivity index (χ2v) is 12.2. The molecule has 2 fully saturated rings. The van der Waals surface area contributed by atoms with Crippen LogP contribution in [0, 0.1) is 17.6 Å². The van der Waals surface area contributed by atoms with Crippen LogP contribution in [0.3, 0.4) is 0 Å². The molecule has 2 heterocycles. The lowest BCUT2D eigenvalue weighted by Gasteiger charge is -2.37. The third-order valence-corrected chi connectivity index (χ3v) is 9.69. The molecule has 0 unspecified atom stereocenters. The highest BCUT2D eigenvalue weighted by molar-refractivity contribution is 7.89. The van der Waals surface area contributed by atoms with Gasteiger partial charge in [0.2, 0.25) is 10.0 Å². The van der Waals surface area contributed by atoms with Crippen molar-refractivity contribution in [2.45, 2.75) is 24.2 Å². The fraction of sp³-hybridized carbons (Fsp3) is 0.367. The van der Waals surface area contributed by atoms with Gasteiger partial charge in [-0.3, -0.25) is 4.79 Å². The highest BCUT2D eigenvalue weighted by atomic mass is 32.2. The Bertz CT molecular complexity index is 1450. The lowest BCUT2D eigenvalue weighted by Crippen LogP contribution is -2.49. The van der Waals surface area contributed by atoms with Crippen LogP contribution in [-0.4, -0.2) is 69.9 Å². The van der Waals surface area contributed by atoms with Crippen molar-refractivity contribution in [1.82, 2.24) is 9.21 Å². The molecule has 2 aliphatic heterocycles. The van der Waals surface area contributed by atoms with Crippen LogP contribution >= 0.6 is 0 Å². The summed E-state index contributed by atoms with van der Waals surface area (Å²) in [7, 11) is -2.17. The quantitative estimate of drug-likeness (QED) is 0.417. The van der Waals surface area contributed by atoms with E-state index < -0.39 is 27.6 Å². The van der Waals surface area contributed by atoms with E-state index in [4.69, 9.17) is 4.74 Å². The highest BCUT2D eigenvalue weighted by Crippen LogP contribution is 2.34. The number of hydrogen-bond acceptors (Lipinski definition) is 5. The van der Waals surface area contributed by atoms with Crippen LogP contribution in [0.25, 0.3) is 0 Å². The van der Waals surface area contributed by atoms with Gasteiger partial charge < -0.3 is 14.5 Å². The van der Waals surface area contributed by atoms with Crippen molar-refractivity contribution in [3.63, 3.8) is 0 Å². The van der Waals surface area contributed by atoms with Gasteiger partial charge in [0.15, 0.2) is 0 Å². The number of piperazine rings is 1. The number of methoxy groups -OCH3 is 1. The number of amides is 1. The lowest BCUT2D eigenvalue weighted by molar-refractivity contribution is 0.0742. The fourth-order valence-electron chi connectivity index (χ4n) is 5.51. The van der Waals surface area contributed by atoms with Gasteiger partial charge in [0.05, 0.1) is 23.3 Å². The molecule has 2 saturated heterocycles. The summed E-state index contributed by atoms with van der Waals surface area (Å²) in [5, 5.41) is 0. The molecule has 0 saturated carbocycles. The average molecular weight is 570 g/mol. The molecule has 3 aromatic carbocycles. The average Bonchev–Trinajstić information content (AvgIpc) is 2.97. The topological polar surface area (TPSA) is 70.2 Å². The molecule has 5 rings (SSSR count). The van der Waals surface area contributed by atoms with Gasteiger partial charge in [-0.25, -0.2) is 17.2 Å². The molecule has 3 aromatic rings. The number of carbonyl (C=O) groups excluding carboxylic acids is 1. The van der Waals surface area contributed by atoms with E-state index in [0.717, 1.165) is 31.4 Å². The van der Waals surface area contributed by atoms with Crippen molar-refractivity contribution in [1.29, 1.82) is 0 Å². The summed E-state index contributed by atoms with van der Waals surface area (Å²) in [6.45, 7) is 2.35. The largest absolute Gasteiger partial charge is 0.495 e. The minimum atomic E-state index is -3.70. The van der Waals surface area contributed by atoms with Crippen molar-refractivity contribution >= 4 is 21.6 Å². The number of hydrogen-bond donors (Lipinski definition) is 0. The lowest BCUT2D eigenvalue weighted by atomic mass is 9.91. The maximum absolute atomic E-state index is 14.2. The third-order valence-electron chi connectivity index (χ3n) is 7.80. The number of carbonyl (C=O) groups is 1. The van der Waals surface area contributed by atoms with E-state index in [2.05, 4.69) is 12.1 Å². The van der Waals surface area contributed by atoms with Crippen LogP contribution in [0.1, 0.15) is 28.8 Å². The molecule has 40 heavy (non-hydrogen) atoms. The molecule has 0 spiro atoms. The zero-order chi connectivity index (χ0) is 28.3. The van der Waals surface area contributed by atoms with Gasteiger partial charge in [0.25, 0.3) is 5.91 Å². The zero-order valence-electron chi connectivity index (χ0n) is 22.4. The molecule has 0 atom stereocenters. The van der Waals surface area contributed by atoms with E-state index in [1.54, 1.807) is 22.5 Å². The first-order valence-electron chi connectivity index (χ1n) is 13.5. The Hall–Kier alpha value is -3.50. The maximum Gasteiger partial charge on any atom is 0.256 e. The summed E-state index contributed by atoms with van der Waals surface area (Å²) in [5.41, 5.74) is 1.73. The number of rotatable bonds is 7. The molecule has 0 aromatic heterocycles. The molecular formula is C30H33F2N3O4S. The minimum absolute atomic E-state index is 0.173. The van der Waals surface area contributed by atoms with Gasteiger partial charge in [-0.2, -0.15) is 4.31 Å². The Labute approximate surface area is 234 Å². The van der Waals surface area contributed by atoms with Crippen LogP contribution in [0.4, 0.5) is 14.5 Å². The van der Waals surface area contributed by atoms with Crippen molar-refractivity contribution in [3.05, 3.63) is 89.5 Å². The zero-order valence-corrected chi connectivity index (χ0v) is 23.2. The Kier molecular flexibility index (Phi) is 8.37. The number of benzene rings is 3. The second kappa shape index (κ2) is 11.9. The number of sulfonamides is 1. The van der Waals surface area contributed by atoms with E-state index in [9.17, 15) is 22.0 Å². The molecule has 0 bridgehead atoms. The van der Waals surface area contributed by atoms with E-state index in [-0.39, 0.29) is 10.5 Å². The molecular weight excluding hydrogens is 536 g/mol. The van der Waals surface area contributed by atoms with Crippen molar-refractivity contribution < 1.29 is 26.7 Å². The molecule has 0 radical (unpaired) electrons. The standard InChI is InChI=1S/C30H33F2N3O4S/c1-39-29-10-8-25(40(37,38)35-13-11-23(12-14-35)19-22-5-3-2-4-6-22)21-28(29)33-15-17-34(18-16-33)30(36)26-9-7-24(31)20-27(26)32/h2-10,20-21,23H,11-19H2,1H3. The monoisotopic (exact) mass is 569 g/mol. The van der Waals surface area contributed by atoms with Gasteiger partial charge in [-0.15, -0.1) is 0 Å². The molecule has 2 aliphatic rings. The Morgan fingerprint density at radius 3 is 2.25 bits per heavy atom. The predicted molar refractivity (Wildman–Crippen MR) is 149 cm³/mol.